The summed E-state index contributed by atoms with van der Waals surface area (Å²) in [5.74, 6) is 0. The molecule has 0 unspecified atom stereocenters. The summed E-state index contributed by atoms with van der Waals surface area (Å²) in [6, 6.07) is 0. The molecule has 0 aliphatic carbocycles. The minimum absolute atomic E-state index is 0.371. The second-order valence-electron chi connectivity index (χ2n) is 6.29. The SMILES string of the molecule is CCNCCc1c(C)nn(CCC(C)(C)C)c1C. The quantitative estimate of drug-likeness (QED) is 0.787. The molecule has 0 radical (unpaired) electrons. The molecule has 0 spiro atoms. The number of likely N-dealkylation sites (N-methyl/N-ethyl adjacent to an activating group) is 1. The first-order chi connectivity index (χ1) is 8.35. The van der Waals surface area contributed by atoms with Crippen molar-refractivity contribution in [3.8, 4) is 0 Å². The van der Waals surface area contributed by atoms with Gasteiger partial charge in [0.2, 0.25) is 0 Å². The number of nitrogens with zero attached hydrogens (tertiary/aromatic N) is 2. The third-order valence-electron chi connectivity index (χ3n) is 3.41. The molecule has 1 N–H and O–H groups in total. The maximum absolute atomic E-state index is 4.68. The van der Waals surface area contributed by atoms with Crippen LogP contribution in [0.15, 0.2) is 0 Å². The molecule has 0 saturated carbocycles. The zero-order valence-corrected chi connectivity index (χ0v) is 12.9. The van der Waals surface area contributed by atoms with Crippen LogP contribution in [0.2, 0.25) is 0 Å². The summed E-state index contributed by atoms with van der Waals surface area (Å²) < 4.78 is 2.18. The Morgan fingerprint density at radius 2 is 1.89 bits per heavy atom. The third kappa shape index (κ3) is 4.45. The van der Waals surface area contributed by atoms with Gasteiger partial charge in [-0.2, -0.15) is 5.10 Å². The molecule has 0 aromatic carbocycles. The maximum atomic E-state index is 4.68. The van der Waals surface area contributed by atoms with Crippen LogP contribution in [0, 0.1) is 19.3 Å². The topological polar surface area (TPSA) is 29.9 Å². The van der Waals surface area contributed by atoms with Gasteiger partial charge in [-0.3, -0.25) is 4.68 Å². The van der Waals surface area contributed by atoms with Gasteiger partial charge >= 0.3 is 0 Å². The first-order valence-electron chi connectivity index (χ1n) is 7.08. The fourth-order valence-electron chi connectivity index (χ4n) is 2.14. The van der Waals surface area contributed by atoms with Crippen molar-refractivity contribution in [2.45, 2.75) is 60.9 Å². The molecule has 0 bridgehead atoms. The Labute approximate surface area is 112 Å². The Hall–Kier alpha value is -0.830. The van der Waals surface area contributed by atoms with Gasteiger partial charge in [0.15, 0.2) is 0 Å². The van der Waals surface area contributed by atoms with E-state index in [1.165, 1.54) is 23.4 Å². The molecule has 1 rings (SSSR count). The fraction of sp³-hybridized carbons (Fsp3) is 0.800. The highest BCUT2D eigenvalue weighted by Crippen LogP contribution is 2.21. The van der Waals surface area contributed by atoms with E-state index in [9.17, 15) is 0 Å². The second-order valence-corrected chi connectivity index (χ2v) is 6.29. The molecule has 0 fully saturated rings. The van der Waals surface area contributed by atoms with Crippen molar-refractivity contribution in [2.75, 3.05) is 13.1 Å². The Kier molecular flexibility index (Phi) is 5.39. The van der Waals surface area contributed by atoms with Crippen LogP contribution in [-0.2, 0) is 13.0 Å². The molecule has 18 heavy (non-hydrogen) atoms. The zero-order valence-electron chi connectivity index (χ0n) is 12.9. The highest BCUT2D eigenvalue weighted by Gasteiger charge is 2.14. The van der Waals surface area contributed by atoms with Gasteiger partial charge in [0, 0.05) is 12.2 Å². The van der Waals surface area contributed by atoms with Gasteiger partial charge < -0.3 is 5.32 Å². The number of rotatable bonds is 6. The average Bonchev–Trinajstić information content (AvgIpc) is 2.53. The zero-order chi connectivity index (χ0) is 13.8. The van der Waals surface area contributed by atoms with Crippen molar-refractivity contribution >= 4 is 0 Å². The molecule has 3 nitrogen and oxygen atoms in total. The van der Waals surface area contributed by atoms with E-state index >= 15 is 0 Å². The van der Waals surface area contributed by atoms with Gasteiger partial charge in [0.1, 0.15) is 0 Å². The van der Waals surface area contributed by atoms with E-state index in [4.69, 9.17) is 0 Å². The smallest absolute Gasteiger partial charge is 0.0628 e. The number of hydrogen-bond acceptors (Lipinski definition) is 2. The van der Waals surface area contributed by atoms with E-state index < -0.39 is 0 Å². The van der Waals surface area contributed by atoms with Crippen molar-refractivity contribution in [3.05, 3.63) is 17.0 Å². The monoisotopic (exact) mass is 251 g/mol. The first-order valence-corrected chi connectivity index (χ1v) is 7.08. The predicted molar refractivity (Wildman–Crippen MR) is 78.0 cm³/mol. The molecule has 0 atom stereocenters. The summed E-state index contributed by atoms with van der Waals surface area (Å²) in [5, 5.41) is 8.06. The van der Waals surface area contributed by atoms with Crippen molar-refractivity contribution in [1.82, 2.24) is 15.1 Å². The molecule has 0 aliphatic rings. The Morgan fingerprint density at radius 3 is 2.44 bits per heavy atom. The molecular formula is C15H29N3. The largest absolute Gasteiger partial charge is 0.317 e. The van der Waals surface area contributed by atoms with Gasteiger partial charge in [-0.1, -0.05) is 27.7 Å². The minimum Gasteiger partial charge on any atom is -0.317 e. The molecule has 0 amide bonds. The Bertz CT molecular complexity index is 372. The van der Waals surface area contributed by atoms with E-state index in [-0.39, 0.29) is 0 Å². The van der Waals surface area contributed by atoms with Gasteiger partial charge in [-0.05, 0) is 50.8 Å². The van der Waals surface area contributed by atoms with Crippen LogP contribution < -0.4 is 5.32 Å². The molecule has 0 aliphatic heterocycles. The first kappa shape index (κ1) is 15.2. The lowest BCUT2D eigenvalue weighted by atomic mass is 9.92. The fourth-order valence-corrected chi connectivity index (χ4v) is 2.14. The van der Waals surface area contributed by atoms with Crippen LogP contribution in [-0.4, -0.2) is 22.9 Å². The summed E-state index contributed by atoms with van der Waals surface area (Å²) in [4.78, 5) is 0. The van der Waals surface area contributed by atoms with Crippen LogP contribution in [0.4, 0.5) is 0 Å². The predicted octanol–water partition coefficient (Wildman–Crippen LogP) is 3.09. The van der Waals surface area contributed by atoms with E-state index in [0.29, 0.717) is 5.41 Å². The van der Waals surface area contributed by atoms with E-state index in [2.05, 4.69) is 56.6 Å². The van der Waals surface area contributed by atoms with Crippen LogP contribution in [0.25, 0.3) is 0 Å². The lowest BCUT2D eigenvalue weighted by Gasteiger charge is -2.18. The molecule has 0 saturated heterocycles. The third-order valence-corrected chi connectivity index (χ3v) is 3.41. The second kappa shape index (κ2) is 6.37. The number of aryl methyl sites for hydroxylation is 2. The Morgan fingerprint density at radius 1 is 1.22 bits per heavy atom. The molecule has 3 heteroatoms. The van der Waals surface area contributed by atoms with Crippen LogP contribution >= 0.6 is 0 Å². The van der Waals surface area contributed by atoms with Gasteiger partial charge in [-0.15, -0.1) is 0 Å². The highest BCUT2D eigenvalue weighted by atomic mass is 15.3. The van der Waals surface area contributed by atoms with Gasteiger partial charge in [-0.25, -0.2) is 0 Å². The molecule has 1 aromatic heterocycles. The van der Waals surface area contributed by atoms with Crippen molar-refractivity contribution in [1.29, 1.82) is 0 Å². The van der Waals surface area contributed by atoms with Crippen molar-refractivity contribution < 1.29 is 0 Å². The number of aromatic nitrogens is 2. The number of hydrogen-bond donors (Lipinski definition) is 1. The Balaban J connectivity index is 2.68. The normalized spacial score (nSPS) is 12.1. The molecular weight excluding hydrogens is 222 g/mol. The standard InChI is InChI=1S/C15H29N3/c1-7-16-10-8-14-12(2)17-18(13(14)3)11-9-15(4,5)6/h16H,7-11H2,1-6H3. The van der Waals surface area contributed by atoms with Crippen LogP contribution in [0.5, 0.6) is 0 Å². The lowest BCUT2D eigenvalue weighted by Crippen LogP contribution is -2.17. The lowest BCUT2D eigenvalue weighted by molar-refractivity contribution is 0.338. The van der Waals surface area contributed by atoms with Crippen LogP contribution in [0.1, 0.15) is 51.1 Å². The summed E-state index contributed by atoms with van der Waals surface area (Å²) in [6.07, 6.45) is 2.25. The average molecular weight is 251 g/mol. The van der Waals surface area contributed by atoms with Gasteiger partial charge in [0.25, 0.3) is 0 Å². The highest BCUT2D eigenvalue weighted by molar-refractivity contribution is 5.24. The van der Waals surface area contributed by atoms with E-state index in [0.717, 1.165) is 26.1 Å². The minimum atomic E-state index is 0.371. The van der Waals surface area contributed by atoms with Crippen molar-refractivity contribution in [2.24, 2.45) is 5.41 Å². The van der Waals surface area contributed by atoms with Gasteiger partial charge in [0.05, 0.1) is 5.69 Å². The van der Waals surface area contributed by atoms with E-state index in [1.54, 1.807) is 0 Å². The van der Waals surface area contributed by atoms with Crippen LogP contribution in [0.3, 0.4) is 0 Å². The maximum Gasteiger partial charge on any atom is 0.0628 e. The molecule has 1 heterocycles. The summed E-state index contributed by atoms with van der Waals surface area (Å²) in [7, 11) is 0. The summed E-state index contributed by atoms with van der Waals surface area (Å²) >= 11 is 0. The summed E-state index contributed by atoms with van der Waals surface area (Å²) in [6.45, 7) is 16.4. The molecule has 104 valence electrons. The number of nitrogens with one attached hydrogen (secondary N) is 1. The summed E-state index contributed by atoms with van der Waals surface area (Å²) in [5.41, 5.74) is 4.33. The molecule has 1 aromatic rings. The van der Waals surface area contributed by atoms with Crippen molar-refractivity contribution in [3.63, 3.8) is 0 Å². The van der Waals surface area contributed by atoms with E-state index in [1.807, 2.05) is 0 Å².